The third kappa shape index (κ3) is 5.16. The molecule has 0 aliphatic heterocycles. The van der Waals surface area contributed by atoms with Crippen LogP contribution in [-0.4, -0.2) is 28.0 Å². The van der Waals surface area contributed by atoms with E-state index in [4.69, 9.17) is 23.2 Å². The largest absolute Gasteiger partial charge is 0.312 e. The zero-order valence-electron chi connectivity index (χ0n) is 10.6. The van der Waals surface area contributed by atoms with Gasteiger partial charge in [0, 0.05) is 18.5 Å². The number of anilines is 1. The first kappa shape index (κ1) is 15.1. The summed E-state index contributed by atoms with van der Waals surface area (Å²) in [5.41, 5.74) is -0.0177. The monoisotopic (exact) mass is 290 g/mol. The van der Waals surface area contributed by atoms with Gasteiger partial charge in [-0.25, -0.2) is 9.97 Å². The summed E-state index contributed by atoms with van der Waals surface area (Å²) in [4.78, 5) is 19.2. The average molecular weight is 291 g/mol. The van der Waals surface area contributed by atoms with E-state index >= 15 is 0 Å². The molecule has 1 rings (SSSR count). The lowest BCUT2D eigenvalue weighted by Gasteiger charge is -2.20. The van der Waals surface area contributed by atoms with Gasteiger partial charge in [-0.3, -0.25) is 4.79 Å². The molecule has 5 nitrogen and oxygen atoms in total. The summed E-state index contributed by atoms with van der Waals surface area (Å²) in [5, 5.41) is 6.07. The van der Waals surface area contributed by atoms with E-state index in [0.717, 1.165) is 0 Å². The van der Waals surface area contributed by atoms with Crippen molar-refractivity contribution in [3.8, 4) is 0 Å². The van der Waals surface area contributed by atoms with Gasteiger partial charge >= 0.3 is 0 Å². The van der Waals surface area contributed by atoms with E-state index in [2.05, 4.69) is 20.6 Å². The second-order valence-electron chi connectivity index (χ2n) is 4.80. The Labute approximate surface area is 116 Å². The van der Waals surface area contributed by atoms with E-state index in [-0.39, 0.29) is 27.4 Å². The summed E-state index contributed by atoms with van der Waals surface area (Å²) < 4.78 is 0. The van der Waals surface area contributed by atoms with Gasteiger partial charge in [0.25, 0.3) is 0 Å². The molecule has 0 aromatic carbocycles. The van der Waals surface area contributed by atoms with Crippen LogP contribution in [0.15, 0.2) is 6.33 Å². The Morgan fingerprint density at radius 2 is 2.00 bits per heavy atom. The normalized spacial score (nSPS) is 11.4. The number of hydrogen-bond donors (Lipinski definition) is 2. The van der Waals surface area contributed by atoms with Gasteiger partial charge in [0.05, 0.1) is 0 Å². The first-order chi connectivity index (χ1) is 8.29. The molecule has 0 spiro atoms. The molecule has 1 aromatic heterocycles. The van der Waals surface area contributed by atoms with Crippen LogP contribution in [-0.2, 0) is 4.79 Å². The SMILES string of the molecule is CC(C)(C)NCCC(=O)Nc1ncnc(Cl)c1Cl. The molecular formula is C11H16Cl2N4O. The molecule has 100 valence electrons. The van der Waals surface area contributed by atoms with E-state index < -0.39 is 0 Å². The Balaban J connectivity index is 2.48. The van der Waals surface area contributed by atoms with Crippen LogP contribution in [0.25, 0.3) is 0 Å². The molecule has 0 saturated heterocycles. The van der Waals surface area contributed by atoms with Crippen molar-refractivity contribution in [1.29, 1.82) is 0 Å². The van der Waals surface area contributed by atoms with Crippen LogP contribution in [0.5, 0.6) is 0 Å². The minimum atomic E-state index is -0.177. The fourth-order valence-electron chi connectivity index (χ4n) is 1.18. The highest BCUT2D eigenvalue weighted by atomic mass is 35.5. The maximum absolute atomic E-state index is 11.6. The van der Waals surface area contributed by atoms with E-state index in [1.165, 1.54) is 6.33 Å². The molecule has 7 heteroatoms. The predicted molar refractivity (Wildman–Crippen MR) is 73.1 cm³/mol. The third-order valence-corrected chi connectivity index (χ3v) is 2.75. The first-order valence-corrected chi connectivity index (χ1v) is 6.26. The molecule has 0 radical (unpaired) electrons. The zero-order chi connectivity index (χ0) is 13.8. The van der Waals surface area contributed by atoms with Gasteiger partial charge in [-0.05, 0) is 20.8 Å². The van der Waals surface area contributed by atoms with Crippen LogP contribution < -0.4 is 10.6 Å². The topological polar surface area (TPSA) is 66.9 Å². The molecule has 0 saturated carbocycles. The average Bonchev–Trinajstić information content (AvgIpc) is 2.23. The quantitative estimate of drug-likeness (QED) is 0.836. The Morgan fingerprint density at radius 1 is 1.33 bits per heavy atom. The summed E-state index contributed by atoms with van der Waals surface area (Å²) in [7, 11) is 0. The molecule has 1 heterocycles. The molecule has 0 aliphatic carbocycles. The van der Waals surface area contributed by atoms with Crippen LogP contribution in [0, 0.1) is 0 Å². The van der Waals surface area contributed by atoms with E-state index in [9.17, 15) is 4.79 Å². The molecule has 0 fully saturated rings. The van der Waals surface area contributed by atoms with E-state index in [1.807, 2.05) is 20.8 Å². The number of rotatable bonds is 4. The van der Waals surface area contributed by atoms with Gasteiger partial charge in [-0.15, -0.1) is 0 Å². The zero-order valence-corrected chi connectivity index (χ0v) is 12.1. The Morgan fingerprint density at radius 3 is 2.61 bits per heavy atom. The minimum Gasteiger partial charge on any atom is -0.312 e. The van der Waals surface area contributed by atoms with Crippen LogP contribution in [0.4, 0.5) is 5.82 Å². The minimum absolute atomic E-state index is 0.0177. The van der Waals surface area contributed by atoms with Crippen molar-refractivity contribution >= 4 is 34.9 Å². The molecule has 18 heavy (non-hydrogen) atoms. The highest BCUT2D eigenvalue weighted by Crippen LogP contribution is 2.25. The smallest absolute Gasteiger partial charge is 0.226 e. The molecule has 1 aromatic rings. The summed E-state index contributed by atoms with van der Waals surface area (Å²) in [6.07, 6.45) is 1.58. The van der Waals surface area contributed by atoms with Crippen molar-refractivity contribution in [1.82, 2.24) is 15.3 Å². The standard InChI is InChI=1S/C11H16Cl2N4O/c1-11(2,3)16-5-4-7(18)17-10-8(12)9(13)14-6-15-10/h6,16H,4-5H2,1-3H3,(H,14,15,17,18). The van der Waals surface area contributed by atoms with Crippen LogP contribution in [0.2, 0.25) is 10.2 Å². The highest BCUT2D eigenvalue weighted by Gasteiger charge is 2.12. The second kappa shape index (κ2) is 6.31. The van der Waals surface area contributed by atoms with Crippen molar-refractivity contribution in [2.24, 2.45) is 0 Å². The lowest BCUT2D eigenvalue weighted by atomic mass is 10.1. The fraction of sp³-hybridized carbons (Fsp3) is 0.545. The molecule has 0 atom stereocenters. The Kier molecular flexibility index (Phi) is 5.31. The number of nitrogens with one attached hydrogen (secondary N) is 2. The van der Waals surface area contributed by atoms with Crippen LogP contribution in [0.1, 0.15) is 27.2 Å². The molecule has 0 unspecified atom stereocenters. The number of halogens is 2. The van der Waals surface area contributed by atoms with Crippen molar-refractivity contribution in [3.63, 3.8) is 0 Å². The summed E-state index contributed by atoms with van der Waals surface area (Å²) in [5.74, 6) is 0.0563. The lowest BCUT2D eigenvalue weighted by molar-refractivity contribution is -0.116. The van der Waals surface area contributed by atoms with Crippen molar-refractivity contribution < 1.29 is 4.79 Å². The Bertz CT molecular complexity index is 432. The number of nitrogens with zero attached hydrogens (tertiary/aromatic N) is 2. The molecule has 1 amide bonds. The van der Waals surface area contributed by atoms with Crippen molar-refractivity contribution in [3.05, 3.63) is 16.5 Å². The van der Waals surface area contributed by atoms with Crippen LogP contribution in [0.3, 0.4) is 0 Å². The van der Waals surface area contributed by atoms with Gasteiger partial charge in [0.2, 0.25) is 5.91 Å². The highest BCUT2D eigenvalue weighted by molar-refractivity contribution is 6.42. The number of carbonyl (C=O) groups excluding carboxylic acids is 1. The van der Waals surface area contributed by atoms with Gasteiger partial charge in [0.15, 0.2) is 11.0 Å². The summed E-state index contributed by atoms with van der Waals surface area (Å²) in [6, 6.07) is 0. The second-order valence-corrected chi connectivity index (χ2v) is 5.54. The Hall–Kier alpha value is -0.910. The van der Waals surface area contributed by atoms with Gasteiger partial charge in [-0.2, -0.15) is 0 Å². The van der Waals surface area contributed by atoms with Crippen molar-refractivity contribution in [2.45, 2.75) is 32.7 Å². The maximum Gasteiger partial charge on any atom is 0.226 e. The van der Waals surface area contributed by atoms with Crippen LogP contribution >= 0.6 is 23.2 Å². The number of amides is 1. The predicted octanol–water partition coefficient (Wildman–Crippen LogP) is 2.50. The number of aromatic nitrogens is 2. The summed E-state index contributed by atoms with van der Waals surface area (Å²) in [6.45, 7) is 6.68. The number of hydrogen-bond acceptors (Lipinski definition) is 4. The molecule has 0 bridgehead atoms. The van der Waals surface area contributed by atoms with Gasteiger partial charge < -0.3 is 10.6 Å². The van der Waals surface area contributed by atoms with Gasteiger partial charge in [-0.1, -0.05) is 23.2 Å². The maximum atomic E-state index is 11.6. The molecule has 0 aliphatic rings. The summed E-state index contributed by atoms with van der Waals surface area (Å²) >= 11 is 11.6. The molecular weight excluding hydrogens is 275 g/mol. The number of carbonyl (C=O) groups is 1. The third-order valence-electron chi connectivity index (χ3n) is 2.01. The van der Waals surface area contributed by atoms with Gasteiger partial charge in [0.1, 0.15) is 11.3 Å². The van der Waals surface area contributed by atoms with E-state index in [1.54, 1.807) is 0 Å². The van der Waals surface area contributed by atoms with E-state index in [0.29, 0.717) is 13.0 Å². The lowest BCUT2D eigenvalue weighted by Crippen LogP contribution is -2.37. The van der Waals surface area contributed by atoms with Crippen molar-refractivity contribution in [2.75, 3.05) is 11.9 Å². The fourth-order valence-corrected chi connectivity index (χ4v) is 1.46. The first-order valence-electron chi connectivity index (χ1n) is 5.50. The molecule has 2 N–H and O–H groups in total.